The Morgan fingerprint density at radius 3 is 1.70 bits per heavy atom. The summed E-state index contributed by atoms with van der Waals surface area (Å²) in [5.41, 5.74) is 0.396. The Morgan fingerprint density at radius 1 is 0.700 bits per heavy atom. The fourth-order valence-electron chi connectivity index (χ4n) is 7.19. The number of unbranched alkanes of at least 4 members (excludes halogenated alkanes) is 1. The van der Waals surface area contributed by atoms with Gasteiger partial charge in [-0.25, -0.2) is 0 Å². The maximum atomic E-state index is 3.89. The average molecular weight is 577 g/mol. The largest absolute Gasteiger partial charge is 0.326 e. The Bertz CT molecular complexity index is 1100. The first-order valence-electron chi connectivity index (χ1n) is 15.4. The summed E-state index contributed by atoms with van der Waals surface area (Å²) in [4.78, 5) is 0. The first-order valence-corrected chi connectivity index (χ1v) is 18.8. The highest BCUT2D eigenvalue weighted by atomic mass is 31.2. The van der Waals surface area contributed by atoms with Crippen LogP contribution < -0.4 is 21.2 Å². The average Bonchev–Trinajstić information content (AvgIpc) is 2.92. The van der Waals surface area contributed by atoms with Crippen molar-refractivity contribution in [1.29, 1.82) is 0 Å². The van der Waals surface area contributed by atoms with Gasteiger partial charge in [0.2, 0.25) is 0 Å². The van der Waals surface area contributed by atoms with Gasteiger partial charge in [0, 0.05) is 30.3 Å². The second-order valence-corrected chi connectivity index (χ2v) is 19.2. The Hall–Kier alpha value is -1.56. The summed E-state index contributed by atoms with van der Waals surface area (Å²) in [5, 5.41) is 8.58. The van der Waals surface area contributed by atoms with E-state index in [1.165, 1.54) is 62.4 Å². The molecule has 0 radical (unpaired) electrons. The van der Waals surface area contributed by atoms with E-state index in [0.29, 0.717) is 6.04 Å². The van der Waals surface area contributed by atoms with Gasteiger partial charge in [0.25, 0.3) is 0 Å². The highest BCUT2D eigenvalue weighted by Crippen LogP contribution is 2.57. The van der Waals surface area contributed by atoms with Crippen LogP contribution in [0.3, 0.4) is 0 Å². The van der Waals surface area contributed by atoms with Crippen LogP contribution in [-0.2, 0) is 0 Å². The zero-order valence-corrected chi connectivity index (χ0v) is 27.9. The van der Waals surface area contributed by atoms with Gasteiger partial charge in [0.1, 0.15) is 0 Å². The van der Waals surface area contributed by atoms with Crippen molar-refractivity contribution in [2.24, 2.45) is 0 Å². The lowest BCUT2D eigenvalue weighted by molar-refractivity contribution is -0.917. The molecule has 3 aromatic carbocycles. The van der Waals surface area contributed by atoms with Crippen molar-refractivity contribution >= 4 is 31.8 Å². The SMILES string of the molecule is CC1(C)CC([N+](C)(C)CCCC[P+](CCCPc2ccccc2)(c2ccccc2)c2ccccc2)CC(C)(C)N1. The van der Waals surface area contributed by atoms with Crippen molar-refractivity contribution in [3.05, 3.63) is 91.0 Å². The second kappa shape index (κ2) is 13.6. The quantitative estimate of drug-likeness (QED) is 0.129. The molecule has 4 rings (SSSR count). The summed E-state index contributed by atoms with van der Waals surface area (Å²) in [5.74, 6) is 0. The Balaban J connectivity index is 1.48. The smallest absolute Gasteiger partial charge is 0.0991 e. The van der Waals surface area contributed by atoms with Crippen molar-refractivity contribution < 1.29 is 4.48 Å². The third-order valence-electron chi connectivity index (χ3n) is 9.00. The van der Waals surface area contributed by atoms with Crippen LogP contribution in [0.1, 0.15) is 59.8 Å². The molecule has 1 unspecified atom stereocenters. The molecule has 216 valence electrons. The standard InChI is InChI=1S/C36H54N2P2/c1-35(2)29-31(30-36(3,4)37-35)38(5,6)25-16-17-27-40(33-21-12-8-13-22-33,34-23-14-9-15-24-34)28-18-26-39-32-19-10-7-11-20-32/h7-15,19-24,31,37,39H,16-18,25-30H2,1-6H3/q+2. The molecule has 40 heavy (non-hydrogen) atoms. The number of rotatable bonds is 13. The van der Waals surface area contributed by atoms with Gasteiger partial charge >= 0.3 is 0 Å². The number of benzene rings is 3. The molecule has 3 aromatic rings. The minimum Gasteiger partial charge on any atom is -0.326 e. The molecule has 1 atom stereocenters. The van der Waals surface area contributed by atoms with E-state index in [1.807, 2.05) is 0 Å². The van der Waals surface area contributed by atoms with Gasteiger partial charge in [-0.1, -0.05) is 75.3 Å². The lowest BCUT2D eigenvalue weighted by Gasteiger charge is -2.51. The van der Waals surface area contributed by atoms with Crippen LogP contribution in [0.15, 0.2) is 91.0 Å². The van der Waals surface area contributed by atoms with Crippen LogP contribution in [-0.4, -0.2) is 60.7 Å². The van der Waals surface area contributed by atoms with Crippen molar-refractivity contribution in [2.75, 3.05) is 39.1 Å². The predicted octanol–water partition coefficient (Wildman–Crippen LogP) is 7.21. The second-order valence-electron chi connectivity index (χ2n) is 13.9. The van der Waals surface area contributed by atoms with Crippen LogP contribution in [0.5, 0.6) is 0 Å². The van der Waals surface area contributed by atoms with Crippen molar-refractivity contribution in [2.45, 2.75) is 76.9 Å². The third kappa shape index (κ3) is 8.49. The van der Waals surface area contributed by atoms with E-state index in [1.54, 1.807) is 10.6 Å². The predicted molar refractivity (Wildman–Crippen MR) is 183 cm³/mol. The summed E-state index contributed by atoms with van der Waals surface area (Å²) in [6.45, 7) is 10.8. The van der Waals surface area contributed by atoms with E-state index in [-0.39, 0.29) is 11.1 Å². The van der Waals surface area contributed by atoms with E-state index in [4.69, 9.17) is 0 Å². The molecule has 0 amide bonds. The fourth-order valence-corrected chi connectivity index (χ4v) is 13.1. The monoisotopic (exact) mass is 576 g/mol. The zero-order valence-electron chi connectivity index (χ0n) is 26.0. The van der Waals surface area contributed by atoms with Gasteiger partial charge in [0.05, 0.1) is 56.9 Å². The van der Waals surface area contributed by atoms with Crippen LogP contribution in [0.4, 0.5) is 0 Å². The van der Waals surface area contributed by atoms with E-state index in [0.717, 1.165) is 13.1 Å². The molecule has 0 saturated carbocycles. The van der Waals surface area contributed by atoms with Gasteiger partial charge in [-0.3, -0.25) is 0 Å². The van der Waals surface area contributed by atoms with E-state index < -0.39 is 7.26 Å². The third-order valence-corrected chi connectivity index (χ3v) is 15.1. The maximum absolute atomic E-state index is 3.89. The molecule has 2 nitrogen and oxygen atoms in total. The molecule has 1 aliphatic rings. The van der Waals surface area contributed by atoms with Gasteiger partial charge in [-0.15, -0.1) is 0 Å². The Morgan fingerprint density at radius 2 is 1.18 bits per heavy atom. The normalized spacial score (nSPS) is 17.9. The summed E-state index contributed by atoms with van der Waals surface area (Å²) in [6, 6.07) is 34.9. The van der Waals surface area contributed by atoms with E-state index >= 15 is 0 Å². The lowest BCUT2D eigenvalue weighted by Crippen LogP contribution is -2.65. The first kappa shape index (κ1) is 31.4. The highest BCUT2D eigenvalue weighted by Gasteiger charge is 2.45. The van der Waals surface area contributed by atoms with Crippen LogP contribution in [0.2, 0.25) is 0 Å². The molecule has 1 N–H and O–H groups in total. The summed E-state index contributed by atoms with van der Waals surface area (Å²) < 4.78 is 1.13. The van der Waals surface area contributed by atoms with Crippen LogP contribution >= 0.6 is 15.8 Å². The Labute approximate surface area is 248 Å². The number of nitrogens with one attached hydrogen (secondary N) is 1. The van der Waals surface area contributed by atoms with Crippen LogP contribution in [0.25, 0.3) is 0 Å². The summed E-state index contributed by atoms with van der Waals surface area (Å²) in [6.07, 6.45) is 10.3. The molecule has 0 aromatic heterocycles. The van der Waals surface area contributed by atoms with Gasteiger partial charge in [-0.2, -0.15) is 0 Å². The number of piperidine rings is 1. The zero-order chi connectivity index (χ0) is 28.7. The van der Waals surface area contributed by atoms with Crippen molar-refractivity contribution in [3.63, 3.8) is 0 Å². The minimum absolute atomic E-state index is 0.198. The number of hydrogen-bond donors (Lipinski definition) is 1. The van der Waals surface area contributed by atoms with E-state index in [9.17, 15) is 0 Å². The number of quaternary nitrogens is 1. The fraction of sp³-hybridized carbons (Fsp3) is 0.500. The molecule has 0 bridgehead atoms. The maximum Gasteiger partial charge on any atom is 0.0991 e. The molecule has 0 aliphatic carbocycles. The van der Waals surface area contributed by atoms with Crippen LogP contribution in [0, 0.1) is 0 Å². The summed E-state index contributed by atoms with van der Waals surface area (Å²) >= 11 is 0. The molecule has 4 heteroatoms. The molecule has 1 aliphatic heterocycles. The Kier molecular flexibility index (Phi) is 10.7. The molecule has 1 saturated heterocycles. The van der Waals surface area contributed by atoms with Gasteiger partial charge in [-0.05, 0) is 76.3 Å². The highest BCUT2D eigenvalue weighted by molar-refractivity contribution is 7.89. The van der Waals surface area contributed by atoms with Gasteiger partial charge < -0.3 is 9.80 Å². The van der Waals surface area contributed by atoms with E-state index in [2.05, 4.69) is 138 Å². The first-order chi connectivity index (χ1) is 19.0. The van der Waals surface area contributed by atoms with Gasteiger partial charge in [0.15, 0.2) is 0 Å². The molecular weight excluding hydrogens is 522 g/mol. The van der Waals surface area contributed by atoms with Crippen molar-refractivity contribution in [3.8, 4) is 0 Å². The molecule has 1 fully saturated rings. The number of nitrogens with zero attached hydrogens (tertiary/aromatic N) is 1. The lowest BCUT2D eigenvalue weighted by atomic mass is 9.78. The number of hydrogen-bond acceptors (Lipinski definition) is 1. The topological polar surface area (TPSA) is 12.0 Å². The molecule has 0 spiro atoms. The molecule has 1 heterocycles. The summed E-state index contributed by atoms with van der Waals surface area (Å²) in [7, 11) is 4.39. The minimum atomic E-state index is -1.49. The van der Waals surface area contributed by atoms with Crippen molar-refractivity contribution in [1.82, 2.24) is 5.32 Å². The molecular formula is C36H54N2P2+2.